The molecule has 0 aliphatic carbocycles. The van der Waals surface area contributed by atoms with Gasteiger partial charge in [-0.3, -0.25) is 9.59 Å². The summed E-state index contributed by atoms with van der Waals surface area (Å²) in [6, 6.07) is 4.23. The third kappa shape index (κ3) is 3.50. The van der Waals surface area contributed by atoms with Crippen LogP contribution < -0.4 is 11.5 Å². The van der Waals surface area contributed by atoms with E-state index in [-0.39, 0.29) is 23.1 Å². The number of hydrogen-bond acceptors (Lipinski definition) is 5. The summed E-state index contributed by atoms with van der Waals surface area (Å²) in [6.07, 6.45) is -2.95. The highest BCUT2D eigenvalue weighted by Crippen LogP contribution is 2.17. The molecule has 0 spiro atoms. The van der Waals surface area contributed by atoms with Gasteiger partial charge in [-0.15, -0.1) is 0 Å². The Hall–Kier alpha value is -1.96. The van der Waals surface area contributed by atoms with Crippen molar-refractivity contribution in [1.82, 2.24) is 0 Å². The van der Waals surface area contributed by atoms with Crippen molar-refractivity contribution >= 4 is 11.8 Å². The van der Waals surface area contributed by atoms with Gasteiger partial charge in [-0.1, -0.05) is 6.07 Å². The van der Waals surface area contributed by atoms with E-state index in [1.54, 1.807) is 0 Å². The molecule has 0 heterocycles. The Morgan fingerprint density at radius 3 is 1.89 bits per heavy atom. The predicted octanol–water partition coefficient (Wildman–Crippen LogP) is -1.86. The Kier molecular flexibility index (Phi) is 4.99. The van der Waals surface area contributed by atoms with Crippen LogP contribution in [0.5, 0.6) is 0 Å². The molecule has 19 heavy (non-hydrogen) atoms. The van der Waals surface area contributed by atoms with Gasteiger partial charge in [-0.05, 0) is 17.7 Å². The van der Waals surface area contributed by atoms with Gasteiger partial charge in [0.05, 0.1) is 12.7 Å². The Bertz CT molecular complexity index is 457. The first-order chi connectivity index (χ1) is 8.88. The first-order valence-corrected chi connectivity index (χ1v) is 5.57. The summed E-state index contributed by atoms with van der Waals surface area (Å²) in [5.74, 6) is -1.55. The number of primary amides is 2. The van der Waals surface area contributed by atoms with Crippen molar-refractivity contribution in [1.29, 1.82) is 0 Å². The van der Waals surface area contributed by atoms with E-state index in [1.165, 1.54) is 18.2 Å². The van der Waals surface area contributed by atoms with Crippen LogP contribution in [0.4, 0.5) is 0 Å². The molecule has 1 aromatic rings. The molecule has 2 amide bonds. The van der Waals surface area contributed by atoms with E-state index >= 15 is 0 Å². The maximum atomic E-state index is 11.3. The quantitative estimate of drug-likeness (QED) is 0.410. The number of nitrogens with two attached hydrogens (primary N) is 2. The summed E-state index contributed by atoms with van der Waals surface area (Å²) in [6.45, 7) is -0.647. The monoisotopic (exact) mass is 268 g/mol. The van der Waals surface area contributed by atoms with Crippen LogP contribution in [0.15, 0.2) is 18.2 Å². The molecule has 2 unspecified atom stereocenters. The molecule has 1 aromatic carbocycles. The fourth-order valence-corrected chi connectivity index (χ4v) is 1.74. The molecule has 7 nitrogen and oxygen atoms in total. The fourth-order valence-electron chi connectivity index (χ4n) is 1.74. The summed E-state index contributed by atoms with van der Waals surface area (Å²) in [7, 11) is 0. The van der Waals surface area contributed by atoms with Crippen LogP contribution in [0.3, 0.4) is 0 Å². The lowest BCUT2D eigenvalue weighted by Crippen LogP contribution is -2.33. The minimum atomic E-state index is -1.39. The van der Waals surface area contributed by atoms with E-state index in [1.807, 2.05) is 0 Å². The van der Waals surface area contributed by atoms with Crippen molar-refractivity contribution < 1.29 is 24.9 Å². The van der Waals surface area contributed by atoms with Crippen LogP contribution in [0.2, 0.25) is 0 Å². The summed E-state index contributed by atoms with van der Waals surface area (Å²) in [4.78, 5) is 22.6. The maximum absolute atomic E-state index is 11.3. The normalized spacial score (nSPS) is 13.8. The second kappa shape index (κ2) is 6.28. The van der Waals surface area contributed by atoms with Gasteiger partial charge in [-0.25, -0.2) is 0 Å². The van der Waals surface area contributed by atoms with Crippen molar-refractivity contribution in [3.8, 4) is 0 Å². The molecule has 0 saturated heterocycles. The standard InChI is InChI=1S/C12H16N2O5/c13-11(18)6-2-1-3-7(12(14)19)8(6)4-9(16)10(17)5-15/h1-3,9-10,15-17H,4-5H2,(H2,13,18)(H2,14,19). The molecule has 0 aliphatic heterocycles. The highest BCUT2D eigenvalue weighted by Gasteiger charge is 2.22. The number of carbonyl (C=O) groups is 2. The number of benzene rings is 1. The number of aliphatic hydroxyl groups excluding tert-OH is 3. The van der Waals surface area contributed by atoms with Gasteiger partial charge in [0.25, 0.3) is 0 Å². The Balaban J connectivity index is 3.22. The van der Waals surface area contributed by atoms with Gasteiger partial charge in [0.1, 0.15) is 6.10 Å². The van der Waals surface area contributed by atoms with Crippen LogP contribution in [0.1, 0.15) is 26.3 Å². The third-order valence-corrected chi connectivity index (χ3v) is 2.75. The first-order valence-electron chi connectivity index (χ1n) is 5.57. The second-order valence-electron chi connectivity index (χ2n) is 4.08. The summed E-state index contributed by atoms with van der Waals surface area (Å²) in [5, 5.41) is 27.7. The van der Waals surface area contributed by atoms with Gasteiger partial charge in [-0.2, -0.15) is 0 Å². The first kappa shape index (κ1) is 15.1. The highest BCUT2D eigenvalue weighted by atomic mass is 16.4. The van der Waals surface area contributed by atoms with Crippen molar-refractivity contribution in [3.63, 3.8) is 0 Å². The van der Waals surface area contributed by atoms with Crippen molar-refractivity contribution in [3.05, 3.63) is 34.9 Å². The van der Waals surface area contributed by atoms with Gasteiger partial charge in [0, 0.05) is 17.5 Å². The number of hydrogen-bond donors (Lipinski definition) is 5. The zero-order valence-electron chi connectivity index (χ0n) is 10.1. The van der Waals surface area contributed by atoms with Crippen LogP contribution in [-0.2, 0) is 6.42 Å². The average Bonchev–Trinajstić information content (AvgIpc) is 2.37. The van der Waals surface area contributed by atoms with Crippen molar-refractivity contribution in [2.75, 3.05) is 6.61 Å². The lowest BCUT2D eigenvalue weighted by molar-refractivity contribution is -0.0133. The van der Waals surface area contributed by atoms with E-state index in [2.05, 4.69) is 0 Å². The van der Waals surface area contributed by atoms with Gasteiger partial charge < -0.3 is 26.8 Å². The van der Waals surface area contributed by atoms with Gasteiger partial charge >= 0.3 is 0 Å². The lowest BCUT2D eigenvalue weighted by Gasteiger charge is -2.18. The fraction of sp³-hybridized carbons (Fsp3) is 0.333. The minimum absolute atomic E-state index is 0.0421. The average molecular weight is 268 g/mol. The summed E-state index contributed by atoms with van der Waals surface area (Å²) in [5.41, 5.74) is 10.6. The molecule has 0 radical (unpaired) electrons. The second-order valence-corrected chi connectivity index (χ2v) is 4.08. The number of carbonyl (C=O) groups excluding carboxylic acids is 2. The Morgan fingerprint density at radius 2 is 1.53 bits per heavy atom. The van der Waals surface area contributed by atoms with Crippen molar-refractivity contribution in [2.24, 2.45) is 11.5 Å². The molecule has 7 heteroatoms. The smallest absolute Gasteiger partial charge is 0.249 e. The number of amides is 2. The molecule has 1 rings (SSSR count). The van der Waals surface area contributed by atoms with Crippen LogP contribution in [0, 0.1) is 0 Å². The maximum Gasteiger partial charge on any atom is 0.249 e. The highest BCUT2D eigenvalue weighted by molar-refractivity contribution is 6.01. The SMILES string of the molecule is NC(=O)c1cccc(C(N)=O)c1CC(O)C(O)CO. The lowest BCUT2D eigenvalue weighted by atomic mass is 9.93. The molecule has 0 aromatic heterocycles. The molecular formula is C12H16N2O5. The van der Waals surface area contributed by atoms with E-state index in [0.29, 0.717) is 0 Å². The van der Waals surface area contributed by atoms with E-state index in [9.17, 15) is 19.8 Å². The summed E-state index contributed by atoms with van der Waals surface area (Å²) < 4.78 is 0. The van der Waals surface area contributed by atoms with Crippen LogP contribution in [-0.4, -0.2) is 45.9 Å². The topological polar surface area (TPSA) is 147 Å². The van der Waals surface area contributed by atoms with Gasteiger partial charge in [0.2, 0.25) is 11.8 Å². The van der Waals surface area contributed by atoms with Crippen LogP contribution in [0.25, 0.3) is 0 Å². The van der Waals surface area contributed by atoms with E-state index in [0.717, 1.165) is 0 Å². The zero-order valence-corrected chi connectivity index (χ0v) is 10.1. The van der Waals surface area contributed by atoms with E-state index in [4.69, 9.17) is 16.6 Å². The molecule has 0 bridgehead atoms. The molecular weight excluding hydrogens is 252 g/mol. The van der Waals surface area contributed by atoms with Gasteiger partial charge in [0.15, 0.2) is 0 Å². The molecule has 104 valence electrons. The Morgan fingerprint density at radius 1 is 1.05 bits per heavy atom. The zero-order chi connectivity index (χ0) is 14.6. The van der Waals surface area contributed by atoms with Crippen molar-refractivity contribution in [2.45, 2.75) is 18.6 Å². The molecule has 0 fully saturated rings. The largest absolute Gasteiger partial charge is 0.394 e. The molecule has 7 N–H and O–H groups in total. The Labute approximate surface area is 109 Å². The third-order valence-electron chi connectivity index (χ3n) is 2.75. The minimum Gasteiger partial charge on any atom is -0.394 e. The molecule has 2 atom stereocenters. The van der Waals surface area contributed by atoms with E-state index < -0.39 is 30.6 Å². The summed E-state index contributed by atoms with van der Waals surface area (Å²) >= 11 is 0. The molecule has 0 aliphatic rings. The predicted molar refractivity (Wildman–Crippen MR) is 66.3 cm³/mol. The number of aliphatic hydroxyl groups is 3. The van der Waals surface area contributed by atoms with Crippen LogP contribution >= 0.6 is 0 Å². The molecule has 0 saturated carbocycles. The number of rotatable bonds is 6.